The first kappa shape index (κ1) is 16.9. The number of benzene rings is 1. The summed E-state index contributed by atoms with van der Waals surface area (Å²) < 4.78 is 0. The van der Waals surface area contributed by atoms with E-state index in [1.807, 2.05) is 27.7 Å². The molecular weight excluding hydrogens is 270 g/mol. The fraction of sp³-hybridized carbons (Fsp3) is 0.533. The van der Waals surface area contributed by atoms with Gasteiger partial charge in [0.25, 0.3) is 11.6 Å². The van der Waals surface area contributed by atoms with Crippen molar-refractivity contribution in [3.8, 4) is 0 Å². The van der Waals surface area contributed by atoms with E-state index in [4.69, 9.17) is 0 Å². The van der Waals surface area contributed by atoms with Gasteiger partial charge in [0, 0.05) is 30.8 Å². The number of carbonyl (C=O) groups excluding carboxylic acids is 1. The van der Waals surface area contributed by atoms with Crippen LogP contribution in [-0.4, -0.2) is 34.9 Å². The maximum atomic E-state index is 12.5. The predicted octanol–water partition coefficient (Wildman–Crippen LogP) is 3.29. The fourth-order valence-corrected chi connectivity index (χ4v) is 2.16. The SMILES string of the molecule is CCCN(C(=O)c1ccc(NCC)c([N+](=O)[O-])c1)C(C)C. The lowest BCUT2D eigenvalue weighted by Crippen LogP contribution is -2.37. The Hall–Kier alpha value is -2.11. The van der Waals surface area contributed by atoms with Crippen molar-refractivity contribution in [2.24, 2.45) is 0 Å². The van der Waals surface area contributed by atoms with Crippen molar-refractivity contribution in [3.05, 3.63) is 33.9 Å². The van der Waals surface area contributed by atoms with E-state index in [-0.39, 0.29) is 17.6 Å². The maximum absolute atomic E-state index is 12.5. The lowest BCUT2D eigenvalue weighted by Gasteiger charge is -2.26. The molecule has 0 saturated heterocycles. The highest BCUT2D eigenvalue weighted by atomic mass is 16.6. The monoisotopic (exact) mass is 293 g/mol. The van der Waals surface area contributed by atoms with Crippen molar-refractivity contribution in [2.75, 3.05) is 18.4 Å². The van der Waals surface area contributed by atoms with Crippen molar-refractivity contribution in [1.82, 2.24) is 4.90 Å². The zero-order valence-corrected chi connectivity index (χ0v) is 13.0. The Morgan fingerprint density at radius 1 is 1.38 bits per heavy atom. The van der Waals surface area contributed by atoms with Crippen LogP contribution in [0.15, 0.2) is 18.2 Å². The Morgan fingerprint density at radius 3 is 2.52 bits per heavy atom. The smallest absolute Gasteiger partial charge is 0.293 e. The average Bonchev–Trinajstić information content (AvgIpc) is 2.44. The fourth-order valence-electron chi connectivity index (χ4n) is 2.16. The average molecular weight is 293 g/mol. The summed E-state index contributed by atoms with van der Waals surface area (Å²) in [5.74, 6) is -0.169. The number of nitrogens with one attached hydrogen (secondary N) is 1. The minimum absolute atomic E-state index is 0.0601. The molecule has 0 aliphatic heterocycles. The predicted molar refractivity (Wildman–Crippen MR) is 83.7 cm³/mol. The van der Waals surface area contributed by atoms with Crippen LogP contribution in [0, 0.1) is 10.1 Å². The lowest BCUT2D eigenvalue weighted by molar-refractivity contribution is -0.384. The molecule has 0 atom stereocenters. The summed E-state index contributed by atoms with van der Waals surface area (Å²) in [6.07, 6.45) is 0.849. The van der Waals surface area contributed by atoms with E-state index in [1.54, 1.807) is 17.0 Å². The Morgan fingerprint density at radius 2 is 2.05 bits per heavy atom. The molecule has 0 saturated carbocycles. The van der Waals surface area contributed by atoms with Gasteiger partial charge in [-0.15, -0.1) is 0 Å². The van der Waals surface area contributed by atoms with Gasteiger partial charge in [0.2, 0.25) is 0 Å². The largest absolute Gasteiger partial charge is 0.380 e. The van der Waals surface area contributed by atoms with Gasteiger partial charge in [0.15, 0.2) is 0 Å². The van der Waals surface area contributed by atoms with E-state index in [1.165, 1.54) is 6.07 Å². The maximum Gasteiger partial charge on any atom is 0.293 e. The summed E-state index contributed by atoms with van der Waals surface area (Å²) in [4.78, 5) is 24.9. The molecule has 0 heterocycles. The second-order valence-corrected chi connectivity index (χ2v) is 5.11. The van der Waals surface area contributed by atoms with Crippen LogP contribution in [0.4, 0.5) is 11.4 Å². The number of nitrogens with zero attached hydrogens (tertiary/aromatic N) is 2. The molecule has 0 aliphatic rings. The molecule has 1 aromatic rings. The van der Waals surface area contributed by atoms with E-state index in [0.29, 0.717) is 24.3 Å². The zero-order chi connectivity index (χ0) is 16.0. The summed E-state index contributed by atoms with van der Waals surface area (Å²) >= 11 is 0. The van der Waals surface area contributed by atoms with E-state index in [9.17, 15) is 14.9 Å². The first-order valence-corrected chi connectivity index (χ1v) is 7.25. The molecule has 0 aromatic heterocycles. The number of nitro benzene ring substituents is 1. The molecule has 1 amide bonds. The second-order valence-electron chi connectivity index (χ2n) is 5.11. The van der Waals surface area contributed by atoms with Gasteiger partial charge in [-0.2, -0.15) is 0 Å². The van der Waals surface area contributed by atoms with Gasteiger partial charge < -0.3 is 10.2 Å². The highest BCUT2D eigenvalue weighted by molar-refractivity contribution is 5.96. The number of rotatable bonds is 7. The Kier molecular flexibility index (Phi) is 6.14. The van der Waals surface area contributed by atoms with Gasteiger partial charge in [0.1, 0.15) is 5.69 Å². The highest BCUT2D eigenvalue weighted by Gasteiger charge is 2.22. The minimum atomic E-state index is -0.464. The van der Waals surface area contributed by atoms with Gasteiger partial charge >= 0.3 is 0 Å². The van der Waals surface area contributed by atoms with Crippen LogP contribution in [0.25, 0.3) is 0 Å². The van der Waals surface area contributed by atoms with E-state index >= 15 is 0 Å². The third-order valence-corrected chi connectivity index (χ3v) is 3.16. The second kappa shape index (κ2) is 7.61. The van der Waals surface area contributed by atoms with Crippen LogP contribution in [0.2, 0.25) is 0 Å². The number of anilines is 1. The Bertz CT molecular complexity index is 515. The summed E-state index contributed by atoms with van der Waals surface area (Å²) in [6, 6.07) is 4.65. The first-order valence-electron chi connectivity index (χ1n) is 7.25. The molecule has 0 unspecified atom stereocenters. The van der Waals surface area contributed by atoms with Gasteiger partial charge in [-0.25, -0.2) is 0 Å². The number of nitro groups is 1. The summed E-state index contributed by atoms with van der Waals surface area (Å²) in [6.45, 7) is 8.97. The van der Waals surface area contributed by atoms with Crippen molar-refractivity contribution in [3.63, 3.8) is 0 Å². The number of carbonyl (C=O) groups is 1. The molecule has 1 N–H and O–H groups in total. The van der Waals surface area contributed by atoms with E-state index in [0.717, 1.165) is 6.42 Å². The molecular formula is C15H23N3O3. The Labute approximate surface area is 125 Å². The van der Waals surface area contributed by atoms with Crippen molar-refractivity contribution in [1.29, 1.82) is 0 Å². The van der Waals surface area contributed by atoms with E-state index in [2.05, 4.69) is 5.32 Å². The molecule has 116 valence electrons. The molecule has 6 nitrogen and oxygen atoms in total. The molecule has 1 rings (SSSR count). The van der Waals surface area contributed by atoms with Crippen LogP contribution >= 0.6 is 0 Å². The van der Waals surface area contributed by atoms with Crippen LogP contribution in [0.5, 0.6) is 0 Å². The quantitative estimate of drug-likeness (QED) is 0.618. The van der Waals surface area contributed by atoms with Crippen LogP contribution in [0.1, 0.15) is 44.5 Å². The van der Waals surface area contributed by atoms with E-state index < -0.39 is 4.92 Å². The molecule has 6 heteroatoms. The molecule has 0 bridgehead atoms. The standard InChI is InChI=1S/C15H23N3O3/c1-5-9-17(11(3)4)15(19)12-7-8-13(16-6-2)14(10-12)18(20)21/h7-8,10-11,16H,5-6,9H2,1-4H3. The molecule has 0 aliphatic carbocycles. The third kappa shape index (κ3) is 4.18. The molecule has 0 radical (unpaired) electrons. The lowest BCUT2D eigenvalue weighted by atomic mass is 10.1. The number of hydrogen-bond acceptors (Lipinski definition) is 4. The highest BCUT2D eigenvalue weighted by Crippen LogP contribution is 2.26. The number of hydrogen-bond donors (Lipinski definition) is 1. The van der Waals surface area contributed by atoms with Gasteiger partial charge in [-0.3, -0.25) is 14.9 Å². The molecule has 21 heavy (non-hydrogen) atoms. The Balaban J connectivity index is 3.15. The first-order chi connectivity index (χ1) is 9.92. The van der Waals surface area contributed by atoms with Crippen LogP contribution in [0.3, 0.4) is 0 Å². The molecule has 0 fully saturated rings. The third-order valence-electron chi connectivity index (χ3n) is 3.16. The van der Waals surface area contributed by atoms with Gasteiger partial charge in [-0.1, -0.05) is 6.92 Å². The molecule has 1 aromatic carbocycles. The van der Waals surface area contributed by atoms with Crippen molar-refractivity contribution < 1.29 is 9.72 Å². The van der Waals surface area contributed by atoms with Crippen LogP contribution < -0.4 is 5.32 Å². The van der Waals surface area contributed by atoms with Crippen molar-refractivity contribution in [2.45, 2.75) is 40.2 Å². The summed E-state index contributed by atoms with van der Waals surface area (Å²) in [5, 5.41) is 14.1. The molecule has 0 spiro atoms. The summed E-state index contributed by atoms with van der Waals surface area (Å²) in [7, 11) is 0. The van der Waals surface area contributed by atoms with Gasteiger partial charge in [-0.05, 0) is 39.3 Å². The van der Waals surface area contributed by atoms with Crippen molar-refractivity contribution >= 4 is 17.3 Å². The van der Waals surface area contributed by atoms with Crippen LogP contribution in [-0.2, 0) is 0 Å². The minimum Gasteiger partial charge on any atom is -0.380 e. The topological polar surface area (TPSA) is 75.5 Å². The van der Waals surface area contributed by atoms with Gasteiger partial charge in [0.05, 0.1) is 4.92 Å². The normalized spacial score (nSPS) is 10.5. The summed E-state index contributed by atoms with van der Waals surface area (Å²) in [5.41, 5.74) is 0.721. The number of amides is 1. The zero-order valence-electron chi connectivity index (χ0n) is 13.0.